The summed E-state index contributed by atoms with van der Waals surface area (Å²) < 4.78 is 0. The van der Waals surface area contributed by atoms with E-state index in [1.165, 1.54) is 0 Å². The summed E-state index contributed by atoms with van der Waals surface area (Å²) in [6.07, 6.45) is 2.42. The predicted molar refractivity (Wildman–Crippen MR) is 57.3 cm³/mol. The van der Waals surface area contributed by atoms with Gasteiger partial charge in [-0.1, -0.05) is 6.42 Å². The monoisotopic (exact) mass is 214 g/mol. The smallest absolute Gasteiger partial charge is 0.234 e. The van der Waals surface area contributed by atoms with Crippen molar-refractivity contribution in [3.63, 3.8) is 0 Å². The molecule has 4 nitrogen and oxygen atoms in total. The van der Waals surface area contributed by atoms with Crippen LogP contribution >= 0.6 is 0 Å². The Morgan fingerprint density at radius 3 is 1.92 bits per heavy atom. The van der Waals surface area contributed by atoms with E-state index >= 15 is 0 Å². The third-order valence-electron chi connectivity index (χ3n) is 1.33. The number of hydrogen-bond donors (Lipinski definition) is 3. The van der Waals surface area contributed by atoms with Crippen molar-refractivity contribution >= 4 is 94.6 Å². The molecule has 0 heterocycles. The number of rotatable bonds is 5. The van der Waals surface area contributed by atoms with E-state index in [9.17, 15) is 4.79 Å². The van der Waals surface area contributed by atoms with Gasteiger partial charge >= 0.3 is 0 Å². The molecule has 0 spiro atoms. The maximum Gasteiger partial charge on any atom is 0.234 e. The fourth-order valence-corrected chi connectivity index (χ4v) is 0.651. The molecule has 13 heavy (non-hydrogen) atoms. The van der Waals surface area contributed by atoms with E-state index in [0.29, 0.717) is 13.0 Å². The quantitative estimate of drug-likeness (QED) is 0.357. The van der Waals surface area contributed by atoms with Gasteiger partial charge < -0.3 is 17.2 Å². The first-order valence-corrected chi connectivity index (χ1v) is 3.43. The van der Waals surface area contributed by atoms with Gasteiger partial charge in [-0.2, -0.15) is 0 Å². The van der Waals surface area contributed by atoms with Crippen molar-refractivity contribution in [3.05, 3.63) is 0 Å². The Bertz CT molecular complexity index is 115. The van der Waals surface area contributed by atoms with E-state index in [1.807, 2.05) is 0 Å². The van der Waals surface area contributed by atoms with Gasteiger partial charge in [-0.25, -0.2) is 0 Å². The van der Waals surface area contributed by atoms with Crippen LogP contribution in [0.1, 0.15) is 19.3 Å². The number of unbranched alkanes of at least 4 members (excludes halogenated alkanes) is 1. The number of primary amides is 1. The van der Waals surface area contributed by atoms with Crippen molar-refractivity contribution in [3.8, 4) is 0 Å². The molecular formula is C6H15N3Na3O. The fourth-order valence-electron chi connectivity index (χ4n) is 0.651. The number of carbonyl (C=O) groups is 1. The van der Waals surface area contributed by atoms with E-state index in [1.54, 1.807) is 0 Å². The van der Waals surface area contributed by atoms with Crippen molar-refractivity contribution < 1.29 is 4.79 Å². The molecule has 7 heteroatoms. The van der Waals surface area contributed by atoms with Crippen LogP contribution in [-0.4, -0.2) is 107 Å². The summed E-state index contributed by atoms with van der Waals surface area (Å²) in [5.74, 6) is -0.433. The van der Waals surface area contributed by atoms with Gasteiger partial charge in [0.2, 0.25) is 5.91 Å². The van der Waals surface area contributed by atoms with Gasteiger partial charge in [-0.3, -0.25) is 4.79 Å². The Labute approximate surface area is 146 Å². The van der Waals surface area contributed by atoms with Gasteiger partial charge in [0, 0.05) is 88.7 Å². The third kappa shape index (κ3) is 17.0. The summed E-state index contributed by atoms with van der Waals surface area (Å²) in [7, 11) is 0. The molecule has 0 aromatic rings. The number of nitrogens with two attached hydrogens (primary N) is 3. The van der Waals surface area contributed by atoms with Gasteiger partial charge in [-0.15, -0.1) is 0 Å². The topological polar surface area (TPSA) is 95.1 Å². The molecule has 0 aromatic carbocycles. The minimum atomic E-state index is -0.494. The van der Waals surface area contributed by atoms with Crippen molar-refractivity contribution in [2.75, 3.05) is 6.54 Å². The number of hydrogen-bond acceptors (Lipinski definition) is 3. The van der Waals surface area contributed by atoms with Crippen molar-refractivity contribution in [2.45, 2.75) is 25.3 Å². The van der Waals surface area contributed by atoms with Crippen LogP contribution in [0.5, 0.6) is 0 Å². The van der Waals surface area contributed by atoms with Gasteiger partial charge in [0.25, 0.3) is 0 Å². The Morgan fingerprint density at radius 2 is 1.62 bits per heavy atom. The summed E-state index contributed by atoms with van der Waals surface area (Å²) in [6, 6.07) is -0.494. The molecule has 0 aliphatic rings. The van der Waals surface area contributed by atoms with Crippen LogP contribution in [0.2, 0.25) is 0 Å². The Kier molecular flexibility index (Phi) is 31.8. The molecule has 63 valence electrons. The van der Waals surface area contributed by atoms with Crippen molar-refractivity contribution in [1.29, 1.82) is 0 Å². The Hall–Kier alpha value is 2.39. The first-order chi connectivity index (χ1) is 4.68. The molecule has 0 unspecified atom stereocenters. The van der Waals surface area contributed by atoms with E-state index < -0.39 is 11.9 Å². The fraction of sp³-hybridized carbons (Fsp3) is 0.833. The van der Waals surface area contributed by atoms with E-state index in [2.05, 4.69) is 0 Å². The normalized spacial score (nSPS) is 10.0. The largest absolute Gasteiger partial charge is 0.368 e. The zero-order chi connectivity index (χ0) is 7.98. The average molecular weight is 214 g/mol. The first-order valence-electron chi connectivity index (χ1n) is 3.43. The van der Waals surface area contributed by atoms with Crippen LogP contribution in [0.15, 0.2) is 0 Å². The molecule has 6 N–H and O–H groups in total. The number of carbonyl (C=O) groups excluding carboxylic acids is 1. The van der Waals surface area contributed by atoms with Gasteiger partial charge in [0.15, 0.2) is 0 Å². The maximum atomic E-state index is 10.4. The van der Waals surface area contributed by atoms with E-state index in [-0.39, 0.29) is 88.7 Å². The van der Waals surface area contributed by atoms with E-state index in [0.717, 1.165) is 12.8 Å². The average Bonchev–Trinajstić information content (AvgIpc) is 1.88. The van der Waals surface area contributed by atoms with Gasteiger partial charge in [-0.05, 0) is 19.4 Å². The van der Waals surface area contributed by atoms with Gasteiger partial charge in [0.1, 0.15) is 0 Å². The molecule has 0 aromatic heterocycles. The summed E-state index contributed by atoms with van der Waals surface area (Å²) in [5, 5.41) is 0. The van der Waals surface area contributed by atoms with Crippen LogP contribution < -0.4 is 17.2 Å². The third-order valence-corrected chi connectivity index (χ3v) is 1.33. The molecule has 1 atom stereocenters. The van der Waals surface area contributed by atoms with E-state index in [4.69, 9.17) is 17.2 Å². The molecule has 0 fully saturated rings. The van der Waals surface area contributed by atoms with Crippen LogP contribution in [0, 0.1) is 0 Å². The minimum Gasteiger partial charge on any atom is -0.368 e. The second-order valence-electron chi connectivity index (χ2n) is 2.29. The van der Waals surface area contributed by atoms with Crippen LogP contribution in [0.4, 0.5) is 0 Å². The number of amides is 1. The van der Waals surface area contributed by atoms with Crippen molar-refractivity contribution in [2.24, 2.45) is 17.2 Å². The summed E-state index contributed by atoms with van der Waals surface area (Å²) in [6.45, 7) is 0.644. The second kappa shape index (κ2) is 16.8. The molecule has 1 amide bonds. The zero-order valence-corrected chi connectivity index (χ0v) is 15.0. The SMILES string of the molecule is NCCCC[C@H](N)C(N)=O.[Na].[Na].[Na]. The first kappa shape index (κ1) is 24.6. The standard InChI is InChI=1S/C6H15N3O.3Na/c7-4-2-1-3-5(8)6(9)10;;;/h5H,1-4,7-8H2,(H2,9,10);;;/t5-;;;/m0.../s1. The summed E-state index contributed by atoms with van der Waals surface area (Å²) >= 11 is 0. The van der Waals surface area contributed by atoms with Crippen LogP contribution in [0.3, 0.4) is 0 Å². The minimum absolute atomic E-state index is 0. The summed E-state index contributed by atoms with van der Waals surface area (Å²) in [4.78, 5) is 10.4. The molecule has 0 rings (SSSR count). The molecule has 0 saturated carbocycles. The molecule has 3 radical (unpaired) electrons. The van der Waals surface area contributed by atoms with Gasteiger partial charge in [0.05, 0.1) is 6.04 Å². The molecule has 0 aliphatic heterocycles. The Morgan fingerprint density at radius 1 is 1.15 bits per heavy atom. The molecular weight excluding hydrogens is 199 g/mol. The second-order valence-corrected chi connectivity index (χ2v) is 2.29. The zero-order valence-electron chi connectivity index (χ0n) is 9.05. The summed E-state index contributed by atoms with van der Waals surface area (Å²) in [5.41, 5.74) is 15.5. The molecule has 0 aliphatic carbocycles. The van der Waals surface area contributed by atoms with Crippen LogP contribution in [0.25, 0.3) is 0 Å². The van der Waals surface area contributed by atoms with Crippen LogP contribution in [-0.2, 0) is 4.79 Å². The maximum absolute atomic E-state index is 10.4. The predicted octanol–water partition coefficient (Wildman–Crippen LogP) is -2.21. The van der Waals surface area contributed by atoms with Crippen molar-refractivity contribution in [1.82, 2.24) is 0 Å². The Balaban J connectivity index is -0.000000135. The molecule has 0 saturated heterocycles. The molecule has 0 bridgehead atoms.